The Morgan fingerprint density at radius 2 is 1.53 bits per heavy atom. The minimum Gasteiger partial charge on any atom is -0.397 e. The molecule has 0 unspecified atom stereocenters. The summed E-state index contributed by atoms with van der Waals surface area (Å²) in [5.74, 6) is 1.03. The summed E-state index contributed by atoms with van der Waals surface area (Å²) in [6.45, 7) is 0. The van der Waals surface area contributed by atoms with Crippen LogP contribution in [0.25, 0.3) is 0 Å². The monoisotopic (exact) mass is 226 g/mol. The highest BCUT2D eigenvalue weighted by atomic mass is 28.4. The third-order valence-electron chi connectivity index (χ3n) is 5.28. The zero-order valence-corrected chi connectivity index (χ0v) is 10.9. The van der Waals surface area contributed by atoms with Crippen molar-refractivity contribution in [2.45, 2.75) is 55.5 Å². The third kappa shape index (κ3) is 1.12. The highest BCUT2D eigenvalue weighted by Gasteiger charge is 2.73. The van der Waals surface area contributed by atoms with Gasteiger partial charge in [0.05, 0.1) is 0 Å². The quantitative estimate of drug-likeness (QED) is 0.685. The first-order valence-electron chi connectivity index (χ1n) is 6.37. The molecule has 2 nitrogen and oxygen atoms in total. The average molecular weight is 226 g/mol. The van der Waals surface area contributed by atoms with Crippen LogP contribution in [0.4, 0.5) is 0 Å². The van der Waals surface area contributed by atoms with Gasteiger partial charge in [-0.3, -0.25) is 0 Å². The average Bonchev–Trinajstić information content (AvgIpc) is 2.61. The van der Waals surface area contributed by atoms with Crippen molar-refractivity contribution in [1.29, 1.82) is 0 Å². The summed E-state index contributed by atoms with van der Waals surface area (Å²) in [6, 6.07) is 0. The SMILES string of the molecule is CO[Si](OC)(C1CCCC1)C12CC(C1)C2. The Morgan fingerprint density at radius 3 is 1.87 bits per heavy atom. The molecular formula is C12H22O2Si. The lowest BCUT2D eigenvalue weighted by Gasteiger charge is -2.68. The van der Waals surface area contributed by atoms with Gasteiger partial charge < -0.3 is 8.85 Å². The third-order valence-corrected chi connectivity index (χ3v) is 10.2. The molecule has 0 N–H and O–H groups in total. The van der Waals surface area contributed by atoms with E-state index >= 15 is 0 Å². The van der Waals surface area contributed by atoms with E-state index < -0.39 is 8.56 Å². The summed E-state index contributed by atoms with van der Waals surface area (Å²) < 4.78 is 12.1. The first-order valence-corrected chi connectivity index (χ1v) is 8.26. The van der Waals surface area contributed by atoms with E-state index in [-0.39, 0.29) is 0 Å². The molecule has 0 aromatic rings. The van der Waals surface area contributed by atoms with Gasteiger partial charge in [-0.25, -0.2) is 0 Å². The van der Waals surface area contributed by atoms with E-state index in [0.29, 0.717) is 5.04 Å². The van der Waals surface area contributed by atoms with E-state index in [0.717, 1.165) is 11.5 Å². The van der Waals surface area contributed by atoms with Gasteiger partial charge in [-0.05, 0) is 38.0 Å². The molecule has 0 aromatic heterocycles. The van der Waals surface area contributed by atoms with Gasteiger partial charge in [0.1, 0.15) is 0 Å². The van der Waals surface area contributed by atoms with Crippen molar-refractivity contribution >= 4 is 8.56 Å². The van der Waals surface area contributed by atoms with E-state index in [1.165, 1.54) is 44.9 Å². The van der Waals surface area contributed by atoms with Crippen molar-refractivity contribution in [2.75, 3.05) is 14.2 Å². The molecule has 4 rings (SSSR count). The summed E-state index contributed by atoms with van der Waals surface area (Å²) in [6.07, 6.45) is 9.75. The number of rotatable bonds is 4. The van der Waals surface area contributed by atoms with E-state index in [1.54, 1.807) is 0 Å². The van der Waals surface area contributed by atoms with Crippen LogP contribution in [0.3, 0.4) is 0 Å². The fourth-order valence-corrected chi connectivity index (χ4v) is 9.95. The van der Waals surface area contributed by atoms with Crippen LogP contribution in [-0.4, -0.2) is 22.8 Å². The molecule has 0 aliphatic heterocycles. The van der Waals surface area contributed by atoms with Crippen LogP contribution < -0.4 is 0 Å². The normalized spacial score (nSPS) is 40.0. The lowest BCUT2D eigenvalue weighted by atomic mass is 9.55. The summed E-state index contributed by atoms with van der Waals surface area (Å²) in [5.41, 5.74) is 0.786. The standard InChI is InChI=1S/C12H22O2Si/c1-13-15(14-2,11-5-3-4-6-11)12-7-10(8-12)9-12/h10-11H,3-9H2,1-2H3. The van der Waals surface area contributed by atoms with Gasteiger partial charge in [0.15, 0.2) is 0 Å². The molecular weight excluding hydrogens is 204 g/mol. The van der Waals surface area contributed by atoms with Gasteiger partial charge >= 0.3 is 8.56 Å². The Hall–Kier alpha value is 0.137. The molecule has 0 radical (unpaired) electrons. The molecule has 0 atom stereocenters. The maximum absolute atomic E-state index is 6.03. The second-order valence-corrected chi connectivity index (χ2v) is 9.84. The molecule has 2 bridgehead atoms. The van der Waals surface area contributed by atoms with Gasteiger partial charge in [0.2, 0.25) is 0 Å². The fourth-order valence-electron chi connectivity index (χ4n) is 4.49. The van der Waals surface area contributed by atoms with Crippen LogP contribution >= 0.6 is 0 Å². The lowest BCUT2D eigenvalue weighted by Crippen LogP contribution is -2.67. The Bertz CT molecular complexity index is 239. The Balaban J connectivity index is 1.86. The van der Waals surface area contributed by atoms with Crippen LogP contribution in [0.15, 0.2) is 0 Å². The van der Waals surface area contributed by atoms with Crippen molar-refractivity contribution in [3.05, 3.63) is 0 Å². The summed E-state index contributed by atoms with van der Waals surface area (Å²) >= 11 is 0. The Kier molecular flexibility index (Phi) is 2.28. The molecule has 0 saturated heterocycles. The Morgan fingerprint density at radius 1 is 1.00 bits per heavy atom. The van der Waals surface area contributed by atoms with Crippen molar-refractivity contribution in [3.63, 3.8) is 0 Å². The van der Waals surface area contributed by atoms with E-state index in [9.17, 15) is 0 Å². The molecule has 0 heterocycles. The summed E-state index contributed by atoms with van der Waals surface area (Å²) in [4.78, 5) is 0. The van der Waals surface area contributed by atoms with Gasteiger partial charge in [0.25, 0.3) is 0 Å². The first kappa shape index (κ1) is 10.3. The predicted octanol–water partition coefficient (Wildman–Crippen LogP) is 3.22. The first-order chi connectivity index (χ1) is 7.26. The predicted molar refractivity (Wildman–Crippen MR) is 62.0 cm³/mol. The smallest absolute Gasteiger partial charge is 0.347 e. The molecule has 4 aliphatic rings. The van der Waals surface area contributed by atoms with Gasteiger partial charge in [-0.1, -0.05) is 12.8 Å². The molecule has 86 valence electrons. The van der Waals surface area contributed by atoms with E-state index in [4.69, 9.17) is 8.85 Å². The van der Waals surface area contributed by atoms with Crippen molar-refractivity contribution in [2.24, 2.45) is 5.92 Å². The van der Waals surface area contributed by atoms with Crippen LogP contribution in [-0.2, 0) is 8.85 Å². The molecule has 0 amide bonds. The molecule has 0 spiro atoms. The lowest BCUT2D eigenvalue weighted by molar-refractivity contribution is -0.0160. The van der Waals surface area contributed by atoms with Crippen LogP contribution in [0, 0.1) is 5.92 Å². The molecule has 4 aliphatic carbocycles. The summed E-state index contributed by atoms with van der Waals surface area (Å²) in [7, 11) is 1.94. The van der Waals surface area contributed by atoms with Gasteiger partial charge in [-0.2, -0.15) is 0 Å². The minimum absolute atomic E-state index is 0.538. The van der Waals surface area contributed by atoms with Crippen LogP contribution in [0.5, 0.6) is 0 Å². The summed E-state index contributed by atoms with van der Waals surface area (Å²) in [5, 5.41) is 0.538. The van der Waals surface area contributed by atoms with Crippen LogP contribution in [0.2, 0.25) is 10.6 Å². The molecule has 4 saturated carbocycles. The zero-order chi connectivity index (χ0) is 10.5. The van der Waals surface area contributed by atoms with Gasteiger partial charge in [-0.15, -0.1) is 0 Å². The molecule has 3 heteroatoms. The van der Waals surface area contributed by atoms with E-state index in [1.807, 2.05) is 14.2 Å². The van der Waals surface area contributed by atoms with E-state index in [2.05, 4.69) is 0 Å². The number of hydrogen-bond acceptors (Lipinski definition) is 2. The van der Waals surface area contributed by atoms with Gasteiger partial charge in [0, 0.05) is 24.8 Å². The fraction of sp³-hybridized carbons (Fsp3) is 1.00. The highest BCUT2D eigenvalue weighted by Crippen LogP contribution is 2.77. The van der Waals surface area contributed by atoms with Crippen LogP contribution in [0.1, 0.15) is 44.9 Å². The van der Waals surface area contributed by atoms with Crippen molar-refractivity contribution in [1.82, 2.24) is 0 Å². The second kappa shape index (κ2) is 3.31. The molecule has 0 aromatic carbocycles. The topological polar surface area (TPSA) is 18.5 Å². The zero-order valence-electron chi connectivity index (χ0n) is 9.92. The molecule has 4 fully saturated rings. The second-order valence-electron chi connectivity index (χ2n) is 5.82. The molecule has 15 heavy (non-hydrogen) atoms. The van der Waals surface area contributed by atoms with Crippen molar-refractivity contribution in [3.8, 4) is 0 Å². The largest absolute Gasteiger partial charge is 0.397 e. The number of hydrogen-bond donors (Lipinski definition) is 0. The maximum atomic E-state index is 6.03. The van der Waals surface area contributed by atoms with Crippen molar-refractivity contribution < 1.29 is 8.85 Å². The maximum Gasteiger partial charge on any atom is 0.347 e. The Labute approximate surface area is 93.6 Å². The highest BCUT2D eigenvalue weighted by molar-refractivity contribution is 6.73. The minimum atomic E-state index is -1.89.